The van der Waals surface area contributed by atoms with Crippen molar-refractivity contribution >= 4 is 34.3 Å². The third-order valence-electron chi connectivity index (χ3n) is 4.01. The number of hydrogen-bond donors (Lipinski definition) is 2. The Hall–Kier alpha value is -2.83. The number of carbonyl (C=O) groups is 2. The Labute approximate surface area is 155 Å². The van der Waals surface area contributed by atoms with Gasteiger partial charge in [-0.15, -0.1) is 0 Å². The summed E-state index contributed by atoms with van der Waals surface area (Å²) in [6.07, 6.45) is 1.47. The molecule has 0 radical (unpaired) electrons. The van der Waals surface area contributed by atoms with Crippen LogP contribution >= 0.6 is 11.6 Å². The molecule has 2 aromatic carbocycles. The largest absolute Gasteiger partial charge is 0.478 e. The molecule has 3 rings (SSSR count). The highest BCUT2D eigenvalue weighted by molar-refractivity contribution is 6.30. The highest BCUT2D eigenvalue weighted by Crippen LogP contribution is 2.26. The van der Waals surface area contributed by atoms with Crippen LogP contribution in [0.15, 0.2) is 54.7 Å². The molecule has 6 nitrogen and oxygen atoms in total. The molecule has 7 heteroatoms. The zero-order valence-electron chi connectivity index (χ0n) is 14.3. The fraction of sp³-hybridized carbons (Fsp3) is 0.158. The number of nitrogen functional groups attached to an aromatic ring is 1. The average Bonchev–Trinajstić information content (AvgIpc) is 3.01. The Kier molecular flexibility index (Phi) is 4.71. The number of nitrogens with one attached hydrogen (secondary N) is 1. The number of rotatable bonds is 4. The molecule has 0 aliphatic rings. The lowest BCUT2D eigenvalue weighted by Gasteiger charge is -2.25. The molecular weight excluding hydrogens is 354 g/mol. The second-order valence-corrected chi connectivity index (χ2v) is 6.71. The Bertz CT molecular complexity index is 977. The SMILES string of the molecule is CC(C)(Oc1ccc(Cl)cc1)C(=O)n1cc(C(=O)NN)c2ccccc21. The maximum atomic E-state index is 13.1. The minimum atomic E-state index is -1.17. The predicted octanol–water partition coefficient (Wildman–Crippen LogP) is 3.40. The van der Waals surface area contributed by atoms with Gasteiger partial charge in [-0.25, -0.2) is 5.84 Å². The molecule has 0 bridgehead atoms. The number of amides is 1. The van der Waals surface area contributed by atoms with Crippen LogP contribution in [0, 0.1) is 0 Å². The molecule has 134 valence electrons. The minimum absolute atomic E-state index is 0.318. The molecule has 0 atom stereocenters. The molecule has 1 aromatic heterocycles. The molecule has 3 aromatic rings. The number of halogens is 1. The number of benzene rings is 2. The molecule has 0 aliphatic heterocycles. The number of carbonyl (C=O) groups excluding carboxylic acids is 2. The third kappa shape index (κ3) is 3.29. The molecular formula is C19H18ClN3O3. The maximum absolute atomic E-state index is 13.1. The van der Waals surface area contributed by atoms with E-state index >= 15 is 0 Å². The van der Waals surface area contributed by atoms with Crippen molar-refractivity contribution in [2.24, 2.45) is 5.84 Å². The Morgan fingerprint density at radius 2 is 1.77 bits per heavy atom. The van der Waals surface area contributed by atoms with Crippen molar-refractivity contribution in [1.82, 2.24) is 9.99 Å². The van der Waals surface area contributed by atoms with Gasteiger partial charge < -0.3 is 4.74 Å². The van der Waals surface area contributed by atoms with Crippen LogP contribution in [0.2, 0.25) is 5.02 Å². The first-order valence-corrected chi connectivity index (χ1v) is 8.31. The summed E-state index contributed by atoms with van der Waals surface area (Å²) in [5.74, 6) is 4.98. The Morgan fingerprint density at radius 3 is 2.42 bits per heavy atom. The highest BCUT2D eigenvalue weighted by atomic mass is 35.5. The van der Waals surface area contributed by atoms with E-state index in [-0.39, 0.29) is 5.91 Å². The van der Waals surface area contributed by atoms with Crippen LogP contribution in [0.4, 0.5) is 0 Å². The molecule has 1 heterocycles. The summed E-state index contributed by atoms with van der Waals surface area (Å²) in [5.41, 5.74) is 1.85. The van der Waals surface area contributed by atoms with E-state index in [9.17, 15) is 9.59 Å². The van der Waals surface area contributed by atoms with Crippen molar-refractivity contribution in [2.45, 2.75) is 19.4 Å². The van der Waals surface area contributed by atoms with Crippen LogP contribution in [0.3, 0.4) is 0 Å². The summed E-state index contributed by atoms with van der Waals surface area (Å²) in [6.45, 7) is 3.34. The van der Waals surface area contributed by atoms with Crippen molar-refractivity contribution in [3.05, 3.63) is 65.3 Å². The monoisotopic (exact) mass is 371 g/mol. The maximum Gasteiger partial charge on any atom is 0.274 e. The van der Waals surface area contributed by atoms with Gasteiger partial charge in [0.1, 0.15) is 5.75 Å². The highest BCUT2D eigenvalue weighted by Gasteiger charge is 2.33. The van der Waals surface area contributed by atoms with Gasteiger partial charge in [-0.2, -0.15) is 0 Å². The molecule has 1 amide bonds. The van der Waals surface area contributed by atoms with Gasteiger partial charge in [0.15, 0.2) is 5.60 Å². The van der Waals surface area contributed by atoms with Gasteiger partial charge >= 0.3 is 0 Å². The Morgan fingerprint density at radius 1 is 1.12 bits per heavy atom. The van der Waals surface area contributed by atoms with Crippen molar-refractivity contribution in [3.63, 3.8) is 0 Å². The molecule has 0 unspecified atom stereocenters. The van der Waals surface area contributed by atoms with Gasteiger partial charge in [-0.3, -0.25) is 19.6 Å². The molecule has 0 fully saturated rings. The fourth-order valence-electron chi connectivity index (χ4n) is 2.74. The van der Waals surface area contributed by atoms with Gasteiger partial charge in [-0.1, -0.05) is 29.8 Å². The van der Waals surface area contributed by atoms with Gasteiger partial charge in [0.2, 0.25) is 0 Å². The molecule has 0 aliphatic carbocycles. The summed E-state index contributed by atoms with van der Waals surface area (Å²) in [6, 6.07) is 13.9. The van der Waals surface area contributed by atoms with E-state index in [1.165, 1.54) is 10.8 Å². The summed E-state index contributed by atoms with van der Waals surface area (Å²) in [4.78, 5) is 25.2. The quantitative estimate of drug-likeness (QED) is 0.418. The first-order chi connectivity index (χ1) is 12.3. The zero-order valence-corrected chi connectivity index (χ0v) is 15.1. The molecule has 0 saturated heterocycles. The first kappa shape index (κ1) is 18.0. The van der Waals surface area contributed by atoms with Gasteiger partial charge in [0.25, 0.3) is 11.8 Å². The number of nitrogens with zero attached hydrogens (tertiary/aromatic N) is 1. The lowest BCUT2D eigenvalue weighted by atomic mass is 10.1. The summed E-state index contributed by atoms with van der Waals surface area (Å²) < 4.78 is 7.28. The van der Waals surface area contributed by atoms with Crippen LogP contribution < -0.4 is 16.0 Å². The zero-order chi connectivity index (χ0) is 18.9. The van der Waals surface area contributed by atoms with E-state index in [2.05, 4.69) is 5.43 Å². The van der Waals surface area contributed by atoms with E-state index in [0.717, 1.165) is 0 Å². The number of aromatic nitrogens is 1. The van der Waals surface area contributed by atoms with Crippen LogP contribution in [0.5, 0.6) is 5.75 Å². The van der Waals surface area contributed by atoms with Crippen molar-refractivity contribution in [3.8, 4) is 5.75 Å². The summed E-state index contributed by atoms with van der Waals surface area (Å²) in [7, 11) is 0. The van der Waals surface area contributed by atoms with E-state index in [0.29, 0.717) is 27.2 Å². The van der Waals surface area contributed by atoms with Crippen LogP contribution in [-0.4, -0.2) is 22.0 Å². The summed E-state index contributed by atoms with van der Waals surface area (Å²) in [5, 5.41) is 1.21. The minimum Gasteiger partial charge on any atom is -0.478 e. The van der Waals surface area contributed by atoms with Crippen LogP contribution in [-0.2, 0) is 0 Å². The number of nitrogens with two attached hydrogens (primary N) is 1. The van der Waals surface area contributed by atoms with Gasteiger partial charge in [-0.05, 0) is 44.2 Å². The van der Waals surface area contributed by atoms with Crippen LogP contribution in [0.25, 0.3) is 10.9 Å². The van der Waals surface area contributed by atoms with Gasteiger partial charge in [0.05, 0.1) is 11.1 Å². The summed E-state index contributed by atoms with van der Waals surface area (Å²) >= 11 is 5.88. The number of para-hydroxylation sites is 1. The number of hydrazine groups is 1. The number of fused-ring (bicyclic) bond motifs is 1. The molecule has 0 spiro atoms. The number of ether oxygens (including phenoxy) is 1. The third-order valence-corrected chi connectivity index (χ3v) is 4.26. The van der Waals surface area contributed by atoms with E-state index in [4.69, 9.17) is 22.2 Å². The lowest BCUT2D eigenvalue weighted by molar-refractivity contribution is 0.0494. The van der Waals surface area contributed by atoms with Crippen molar-refractivity contribution < 1.29 is 14.3 Å². The van der Waals surface area contributed by atoms with Gasteiger partial charge in [0, 0.05) is 16.6 Å². The molecule has 0 saturated carbocycles. The fourth-order valence-corrected chi connectivity index (χ4v) is 2.86. The lowest BCUT2D eigenvalue weighted by Crippen LogP contribution is -2.41. The first-order valence-electron chi connectivity index (χ1n) is 7.94. The smallest absolute Gasteiger partial charge is 0.274 e. The predicted molar refractivity (Wildman–Crippen MR) is 100 cm³/mol. The normalized spacial score (nSPS) is 11.4. The van der Waals surface area contributed by atoms with E-state index < -0.39 is 11.5 Å². The van der Waals surface area contributed by atoms with Crippen molar-refractivity contribution in [1.29, 1.82) is 0 Å². The standard InChI is InChI=1S/C19H18ClN3O3/c1-19(2,26-13-9-7-12(20)8-10-13)18(25)23-11-15(17(24)22-21)14-5-3-4-6-16(14)23/h3-11H,21H2,1-2H3,(H,22,24). The average molecular weight is 372 g/mol. The second-order valence-electron chi connectivity index (χ2n) is 6.27. The topological polar surface area (TPSA) is 86.3 Å². The van der Waals surface area contributed by atoms with Crippen LogP contribution in [0.1, 0.15) is 29.0 Å². The Balaban J connectivity index is 2.01. The second kappa shape index (κ2) is 6.82. The van der Waals surface area contributed by atoms with E-state index in [1.807, 2.05) is 0 Å². The van der Waals surface area contributed by atoms with Crippen molar-refractivity contribution in [2.75, 3.05) is 0 Å². The molecule has 3 N–H and O–H groups in total. The number of hydrogen-bond acceptors (Lipinski definition) is 4. The molecule has 26 heavy (non-hydrogen) atoms. The van der Waals surface area contributed by atoms with E-state index in [1.54, 1.807) is 62.4 Å².